The number of nitrogens with one attached hydrogen (secondary N) is 2. The summed E-state index contributed by atoms with van der Waals surface area (Å²) in [4.78, 5) is 41.2. The van der Waals surface area contributed by atoms with E-state index in [0.717, 1.165) is 23.1 Å². The topological polar surface area (TPSA) is 84.5 Å². The standard InChI is InChI=1S/C18H13F3N2O4S/c19-18(20,21)11-5-3-4-10(8-11)17(26)27-23-15(24)9-14-16(25)22-12-6-1-2-7-13(12)28-14/h1-8,14H,9H2,(H,22,25)(H,23,24)/t14-/m1/s1. The molecule has 0 spiro atoms. The molecule has 146 valence electrons. The third kappa shape index (κ3) is 4.63. The molecule has 6 nitrogen and oxygen atoms in total. The smallest absolute Gasteiger partial charge is 0.335 e. The van der Waals surface area contributed by atoms with Crippen LogP contribution in [-0.2, 0) is 20.6 Å². The predicted octanol–water partition coefficient (Wildman–Crippen LogP) is 3.40. The monoisotopic (exact) mass is 410 g/mol. The number of alkyl halides is 3. The predicted molar refractivity (Wildman–Crippen MR) is 94.3 cm³/mol. The van der Waals surface area contributed by atoms with E-state index in [1.54, 1.807) is 24.3 Å². The minimum atomic E-state index is -4.61. The van der Waals surface area contributed by atoms with Gasteiger partial charge in [-0.1, -0.05) is 18.2 Å². The number of thioether (sulfide) groups is 1. The van der Waals surface area contributed by atoms with E-state index >= 15 is 0 Å². The highest BCUT2D eigenvalue weighted by atomic mass is 32.2. The van der Waals surface area contributed by atoms with Crippen LogP contribution in [0.3, 0.4) is 0 Å². The molecule has 2 aromatic carbocycles. The lowest BCUT2D eigenvalue weighted by atomic mass is 10.1. The Labute approximate surface area is 161 Å². The molecule has 1 heterocycles. The Morgan fingerprint density at radius 3 is 2.64 bits per heavy atom. The molecule has 2 amide bonds. The normalized spacial score (nSPS) is 16.0. The molecule has 0 saturated heterocycles. The van der Waals surface area contributed by atoms with Crippen LogP contribution in [0.4, 0.5) is 18.9 Å². The van der Waals surface area contributed by atoms with E-state index < -0.39 is 28.9 Å². The van der Waals surface area contributed by atoms with Crippen molar-refractivity contribution in [1.29, 1.82) is 0 Å². The fourth-order valence-electron chi connectivity index (χ4n) is 2.42. The van der Waals surface area contributed by atoms with E-state index in [0.29, 0.717) is 11.8 Å². The number of amides is 2. The van der Waals surface area contributed by atoms with E-state index in [9.17, 15) is 27.6 Å². The van der Waals surface area contributed by atoms with Gasteiger partial charge in [-0.3, -0.25) is 9.59 Å². The number of hydrogen-bond acceptors (Lipinski definition) is 5. The number of carbonyl (C=O) groups is 3. The van der Waals surface area contributed by atoms with Crippen molar-refractivity contribution in [2.45, 2.75) is 22.7 Å². The van der Waals surface area contributed by atoms with Crippen molar-refractivity contribution in [1.82, 2.24) is 5.48 Å². The number of carbonyl (C=O) groups excluding carboxylic acids is 3. The minimum Gasteiger partial charge on any atom is -0.335 e. The maximum absolute atomic E-state index is 12.7. The van der Waals surface area contributed by atoms with Crippen molar-refractivity contribution in [2.75, 3.05) is 5.32 Å². The van der Waals surface area contributed by atoms with Crippen LogP contribution >= 0.6 is 11.8 Å². The molecule has 0 aliphatic carbocycles. The molecule has 3 rings (SSSR count). The number of anilines is 1. The van der Waals surface area contributed by atoms with Crippen LogP contribution in [0.1, 0.15) is 22.3 Å². The first-order chi connectivity index (χ1) is 13.2. The van der Waals surface area contributed by atoms with Crippen molar-refractivity contribution in [3.8, 4) is 0 Å². The van der Waals surface area contributed by atoms with E-state index in [4.69, 9.17) is 0 Å². The first kappa shape index (κ1) is 19.7. The van der Waals surface area contributed by atoms with Gasteiger partial charge in [0.05, 0.1) is 28.5 Å². The maximum Gasteiger partial charge on any atom is 0.416 e. The van der Waals surface area contributed by atoms with Gasteiger partial charge >= 0.3 is 12.1 Å². The summed E-state index contributed by atoms with van der Waals surface area (Å²) in [6, 6.07) is 10.7. The second-order valence-corrected chi connectivity index (χ2v) is 7.03. The zero-order valence-electron chi connectivity index (χ0n) is 14.1. The van der Waals surface area contributed by atoms with Crippen LogP contribution in [0.25, 0.3) is 0 Å². The average molecular weight is 410 g/mol. The van der Waals surface area contributed by atoms with Gasteiger partial charge in [-0.2, -0.15) is 18.7 Å². The van der Waals surface area contributed by atoms with Crippen molar-refractivity contribution in [3.63, 3.8) is 0 Å². The molecule has 2 aromatic rings. The zero-order chi connectivity index (χ0) is 20.3. The first-order valence-electron chi connectivity index (χ1n) is 7.98. The summed E-state index contributed by atoms with van der Waals surface area (Å²) in [5, 5.41) is 1.94. The molecular formula is C18H13F3N2O4S. The summed E-state index contributed by atoms with van der Waals surface area (Å²) in [6.07, 6.45) is -4.89. The number of para-hydroxylation sites is 1. The van der Waals surface area contributed by atoms with Gasteiger partial charge in [-0.25, -0.2) is 4.79 Å². The third-order valence-electron chi connectivity index (χ3n) is 3.76. The van der Waals surface area contributed by atoms with E-state index in [1.807, 2.05) is 5.48 Å². The molecule has 1 aliphatic heterocycles. The average Bonchev–Trinajstić information content (AvgIpc) is 2.66. The van der Waals surface area contributed by atoms with Gasteiger partial charge in [-0.05, 0) is 30.3 Å². The lowest BCUT2D eigenvalue weighted by Gasteiger charge is -2.23. The zero-order valence-corrected chi connectivity index (χ0v) is 14.9. The van der Waals surface area contributed by atoms with Gasteiger partial charge in [0.25, 0.3) is 5.91 Å². The molecule has 0 saturated carbocycles. The molecule has 0 unspecified atom stereocenters. The largest absolute Gasteiger partial charge is 0.416 e. The summed E-state index contributed by atoms with van der Waals surface area (Å²) in [7, 11) is 0. The molecule has 10 heteroatoms. The first-order valence-corrected chi connectivity index (χ1v) is 8.86. The molecule has 0 bridgehead atoms. The lowest BCUT2D eigenvalue weighted by molar-refractivity contribution is -0.137. The molecule has 0 radical (unpaired) electrons. The van der Waals surface area contributed by atoms with Crippen LogP contribution in [-0.4, -0.2) is 23.0 Å². The highest BCUT2D eigenvalue weighted by Crippen LogP contribution is 2.36. The summed E-state index contributed by atoms with van der Waals surface area (Å²) in [6.45, 7) is 0. The Hall–Kier alpha value is -3.01. The summed E-state index contributed by atoms with van der Waals surface area (Å²) in [5.41, 5.74) is 1.13. The van der Waals surface area contributed by atoms with Crippen LogP contribution in [0.15, 0.2) is 53.4 Å². The highest BCUT2D eigenvalue weighted by molar-refractivity contribution is 8.01. The van der Waals surface area contributed by atoms with Crippen molar-refractivity contribution >= 4 is 35.2 Å². The van der Waals surface area contributed by atoms with Gasteiger partial charge in [0.1, 0.15) is 0 Å². The van der Waals surface area contributed by atoms with E-state index in [2.05, 4.69) is 10.2 Å². The summed E-state index contributed by atoms with van der Waals surface area (Å²) in [5.74, 6) is -2.28. The van der Waals surface area contributed by atoms with Crippen LogP contribution in [0.2, 0.25) is 0 Å². The Kier molecular flexibility index (Phi) is 5.59. The Balaban J connectivity index is 1.56. The number of hydrogen-bond donors (Lipinski definition) is 2. The van der Waals surface area contributed by atoms with Crippen molar-refractivity contribution in [3.05, 3.63) is 59.7 Å². The SMILES string of the molecule is O=C(C[C@H]1Sc2ccccc2NC1=O)NOC(=O)c1cccc(C(F)(F)F)c1. The second-order valence-electron chi connectivity index (χ2n) is 5.79. The van der Waals surface area contributed by atoms with Gasteiger partial charge < -0.3 is 10.2 Å². The summed E-state index contributed by atoms with van der Waals surface area (Å²) < 4.78 is 38.1. The van der Waals surface area contributed by atoms with E-state index in [-0.39, 0.29) is 17.9 Å². The lowest BCUT2D eigenvalue weighted by Crippen LogP contribution is -2.35. The van der Waals surface area contributed by atoms with E-state index in [1.165, 1.54) is 11.8 Å². The number of halogens is 3. The maximum atomic E-state index is 12.7. The fourth-order valence-corrected chi connectivity index (χ4v) is 3.53. The van der Waals surface area contributed by atoms with Crippen LogP contribution < -0.4 is 10.8 Å². The Morgan fingerprint density at radius 2 is 1.89 bits per heavy atom. The minimum absolute atomic E-state index is 0.277. The van der Waals surface area contributed by atoms with Gasteiger partial charge in [0.2, 0.25) is 5.91 Å². The van der Waals surface area contributed by atoms with Crippen LogP contribution in [0.5, 0.6) is 0 Å². The molecule has 0 fully saturated rings. The molecule has 0 aromatic heterocycles. The number of hydroxylamine groups is 1. The molecule has 2 N–H and O–H groups in total. The van der Waals surface area contributed by atoms with Gasteiger partial charge in [-0.15, -0.1) is 11.8 Å². The van der Waals surface area contributed by atoms with Gasteiger partial charge in [0.15, 0.2) is 0 Å². The summed E-state index contributed by atoms with van der Waals surface area (Å²) >= 11 is 1.19. The van der Waals surface area contributed by atoms with Crippen molar-refractivity contribution < 1.29 is 32.4 Å². The molecular weight excluding hydrogens is 397 g/mol. The fraction of sp³-hybridized carbons (Fsp3) is 0.167. The number of benzene rings is 2. The van der Waals surface area contributed by atoms with Gasteiger partial charge in [0, 0.05) is 4.90 Å². The number of rotatable bonds is 3. The Bertz CT molecular complexity index is 933. The quantitative estimate of drug-likeness (QED) is 0.758. The third-order valence-corrected chi connectivity index (χ3v) is 5.04. The second kappa shape index (κ2) is 7.93. The van der Waals surface area contributed by atoms with Crippen molar-refractivity contribution in [2.24, 2.45) is 0 Å². The molecule has 1 aliphatic rings. The molecule has 28 heavy (non-hydrogen) atoms. The highest BCUT2D eigenvalue weighted by Gasteiger charge is 2.31. The van der Waals surface area contributed by atoms with Crippen LogP contribution in [0, 0.1) is 0 Å². The Morgan fingerprint density at radius 1 is 1.14 bits per heavy atom. The number of fused-ring (bicyclic) bond motifs is 1. The molecule has 1 atom stereocenters.